The first kappa shape index (κ1) is 26.0. The summed E-state index contributed by atoms with van der Waals surface area (Å²) in [4.78, 5) is 31.8. The summed E-state index contributed by atoms with van der Waals surface area (Å²) in [6.45, 7) is 5.65. The molecular weight excluding hydrogens is 505 g/mol. The number of thioether (sulfide) groups is 1. The SMILES string of the molecule is CCc1coc(-c2cc3c(cc2F)SC[C@H](CC(C)(C)NC(=O)O)C(=O)N3Cc2ccc(Cl)cc2)n1. The van der Waals surface area contributed by atoms with Crippen LogP contribution in [0.3, 0.4) is 0 Å². The number of rotatable bonds is 7. The van der Waals surface area contributed by atoms with Crippen LogP contribution in [0.4, 0.5) is 14.9 Å². The number of carboxylic acid groups (broad SMARTS) is 1. The zero-order valence-electron chi connectivity index (χ0n) is 20.2. The van der Waals surface area contributed by atoms with Gasteiger partial charge in [0.15, 0.2) is 0 Å². The Bertz CT molecular complexity index is 1280. The lowest BCUT2D eigenvalue weighted by atomic mass is 9.90. The molecule has 2 N–H and O–H groups in total. The summed E-state index contributed by atoms with van der Waals surface area (Å²) in [5, 5.41) is 12.3. The highest BCUT2D eigenvalue weighted by atomic mass is 35.5. The number of hydrogen-bond donors (Lipinski definition) is 2. The fourth-order valence-corrected chi connectivity index (χ4v) is 5.54. The van der Waals surface area contributed by atoms with Crippen LogP contribution < -0.4 is 10.2 Å². The van der Waals surface area contributed by atoms with Crippen molar-refractivity contribution in [3.8, 4) is 11.5 Å². The van der Waals surface area contributed by atoms with Crippen LogP contribution in [-0.4, -0.2) is 33.4 Å². The number of carbonyl (C=O) groups is 2. The maximum absolute atomic E-state index is 15.2. The van der Waals surface area contributed by atoms with E-state index >= 15 is 4.39 Å². The van der Waals surface area contributed by atoms with Crippen molar-refractivity contribution in [3.05, 3.63) is 64.8 Å². The zero-order chi connectivity index (χ0) is 26.0. The van der Waals surface area contributed by atoms with Gasteiger partial charge < -0.3 is 19.7 Å². The molecule has 1 aliphatic rings. The lowest BCUT2D eigenvalue weighted by Crippen LogP contribution is -2.47. The molecule has 0 radical (unpaired) electrons. The molecule has 1 atom stereocenters. The Balaban J connectivity index is 1.76. The third kappa shape index (κ3) is 5.84. The molecule has 0 unspecified atom stereocenters. The minimum absolute atomic E-state index is 0.156. The molecule has 0 aliphatic carbocycles. The molecular formula is C26H27ClFN3O4S. The van der Waals surface area contributed by atoms with E-state index in [-0.39, 0.29) is 30.3 Å². The Morgan fingerprint density at radius 3 is 2.69 bits per heavy atom. The highest BCUT2D eigenvalue weighted by Crippen LogP contribution is 2.42. The average Bonchev–Trinajstić information content (AvgIpc) is 3.25. The average molecular weight is 532 g/mol. The lowest BCUT2D eigenvalue weighted by Gasteiger charge is -2.31. The molecule has 36 heavy (non-hydrogen) atoms. The third-order valence-corrected chi connectivity index (χ3v) is 7.45. The van der Waals surface area contributed by atoms with E-state index in [9.17, 15) is 14.7 Å². The van der Waals surface area contributed by atoms with Crippen LogP contribution in [0.5, 0.6) is 0 Å². The molecule has 0 spiro atoms. The van der Waals surface area contributed by atoms with Crippen molar-refractivity contribution in [2.45, 2.75) is 50.6 Å². The predicted octanol–water partition coefficient (Wildman–Crippen LogP) is 6.39. The van der Waals surface area contributed by atoms with Gasteiger partial charge in [0.1, 0.15) is 12.1 Å². The van der Waals surface area contributed by atoms with Gasteiger partial charge in [0.25, 0.3) is 0 Å². The first-order valence-electron chi connectivity index (χ1n) is 11.5. The minimum atomic E-state index is -1.15. The van der Waals surface area contributed by atoms with E-state index in [0.717, 1.165) is 5.56 Å². The molecule has 2 heterocycles. The van der Waals surface area contributed by atoms with Crippen LogP contribution in [0.25, 0.3) is 11.5 Å². The van der Waals surface area contributed by atoms with Gasteiger partial charge in [0, 0.05) is 21.2 Å². The molecule has 0 fully saturated rings. The number of benzene rings is 2. The summed E-state index contributed by atoms with van der Waals surface area (Å²) < 4.78 is 20.7. The molecule has 0 saturated heterocycles. The van der Waals surface area contributed by atoms with Crippen molar-refractivity contribution in [2.24, 2.45) is 5.92 Å². The number of oxazole rings is 1. The Morgan fingerprint density at radius 1 is 1.33 bits per heavy atom. The van der Waals surface area contributed by atoms with Crippen LogP contribution in [-0.2, 0) is 17.8 Å². The van der Waals surface area contributed by atoms with Crippen LogP contribution in [0, 0.1) is 11.7 Å². The topological polar surface area (TPSA) is 95.7 Å². The first-order chi connectivity index (χ1) is 17.1. The summed E-state index contributed by atoms with van der Waals surface area (Å²) in [6.07, 6.45) is 1.28. The molecule has 1 aliphatic heterocycles. The van der Waals surface area contributed by atoms with E-state index in [4.69, 9.17) is 16.0 Å². The summed E-state index contributed by atoms with van der Waals surface area (Å²) in [5.74, 6) is -0.627. The van der Waals surface area contributed by atoms with E-state index in [1.807, 2.05) is 19.1 Å². The Kier molecular flexibility index (Phi) is 7.61. The number of nitrogens with zero attached hydrogens (tertiary/aromatic N) is 2. The number of aryl methyl sites for hydroxylation is 1. The van der Waals surface area contributed by atoms with Gasteiger partial charge in [-0.1, -0.05) is 30.7 Å². The van der Waals surface area contributed by atoms with Gasteiger partial charge in [-0.2, -0.15) is 0 Å². The molecule has 4 rings (SSSR count). The van der Waals surface area contributed by atoms with Gasteiger partial charge in [-0.05, 0) is 56.5 Å². The van der Waals surface area contributed by atoms with E-state index in [1.165, 1.54) is 24.1 Å². The number of carbonyl (C=O) groups excluding carboxylic acids is 1. The normalized spacial score (nSPS) is 16.0. The molecule has 0 saturated carbocycles. The number of nitrogens with one attached hydrogen (secondary N) is 1. The van der Waals surface area contributed by atoms with Gasteiger partial charge in [-0.3, -0.25) is 4.79 Å². The van der Waals surface area contributed by atoms with Gasteiger partial charge in [-0.15, -0.1) is 11.8 Å². The second kappa shape index (κ2) is 10.5. The highest BCUT2D eigenvalue weighted by molar-refractivity contribution is 7.99. The standard InChI is InChI=1S/C26H27ClFN3O4S/c1-4-18-13-35-23(29-18)19-9-21-22(10-20(19)28)36-14-16(11-26(2,3)30-25(33)34)24(32)31(21)12-15-5-7-17(27)8-6-15/h5-10,13,16,30H,4,11-12,14H2,1-3H3,(H,33,34)/t16-/m0/s1. The molecule has 7 nitrogen and oxygen atoms in total. The van der Waals surface area contributed by atoms with E-state index in [0.29, 0.717) is 33.5 Å². The van der Waals surface area contributed by atoms with Crippen molar-refractivity contribution in [3.63, 3.8) is 0 Å². The second-order valence-corrected chi connectivity index (χ2v) is 10.9. The smallest absolute Gasteiger partial charge is 0.405 e. The summed E-state index contributed by atoms with van der Waals surface area (Å²) >= 11 is 7.43. The quantitative estimate of drug-likeness (QED) is 0.367. The molecule has 3 aromatic rings. The Hall–Kier alpha value is -3.04. The molecule has 190 valence electrons. The molecule has 0 bridgehead atoms. The van der Waals surface area contributed by atoms with E-state index < -0.39 is 23.4 Å². The minimum Gasteiger partial charge on any atom is -0.465 e. The number of amides is 2. The van der Waals surface area contributed by atoms with Gasteiger partial charge in [-0.25, -0.2) is 14.2 Å². The van der Waals surface area contributed by atoms with Crippen molar-refractivity contribution in [1.29, 1.82) is 0 Å². The fraction of sp³-hybridized carbons (Fsp3) is 0.346. The fourth-order valence-electron chi connectivity index (χ4n) is 4.27. The van der Waals surface area contributed by atoms with Crippen LogP contribution in [0.1, 0.15) is 38.4 Å². The summed E-state index contributed by atoms with van der Waals surface area (Å²) in [5.41, 5.74) is 1.45. The highest BCUT2D eigenvalue weighted by Gasteiger charge is 2.36. The van der Waals surface area contributed by atoms with Crippen molar-refractivity contribution >= 4 is 41.1 Å². The van der Waals surface area contributed by atoms with E-state index in [2.05, 4.69) is 10.3 Å². The zero-order valence-corrected chi connectivity index (χ0v) is 21.8. The molecule has 2 aromatic carbocycles. The third-order valence-electron chi connectivity index (χ3n) is 6.00. The maximum Gasteiger partial charge on any atom is 0.405 e. The summed E-state index contributed by atoms with van der Waals surface area (Å²) in [6, 6.07) is 10.2. The van der Waals surface area contributed by atoms with Crippen LogP contribution >= 0.6 is 23.4 Å². The maximum atomic E-state index is 15.2. The monoisotopic (exact) mass is 531 g/mol. The second-order valence-electron chi connectivity index (χ2n) is 9.37. The van der Waals surface area contributed by atoms with Crippen molar-refractivity contribution in [1.82, 2.24) is 10.3 Å². The first-order valence-corrected chi connectivity index (χ1v) is 12.9. The number of hydrogen-bond acceptors (Lipinski definition) is 5. The van der Waals surface area contributed by atoms with Crippen molar-refractivity contribution in [2.75, 3.05) is 10.7 Å². The van der Waals surface area contributed by atoms with Gasteiger partial charge in [0.05, 0.1) is 29.4 Å². The number of anilines is 1. The lowest BCUT2D eigenvalue weighted by molar-refractivity contribution is -0.122. The van der Waals surface area contributed by atoms with Gasteiger partial charge >= 0.3 is 6.09 Å². The Labute approximate surface area is 218 Å². The van der Waals surface area contributed by atoms with Crippen LogP contribution in [0.2, 0.25) is 5.02 Å². The Morgan fingerprint density at radius 2 is 2.06 bits per heavy atom. The predicted molar refractivity (Wildman–Crippen MR) is 138 cm³/mol. The van der Waals surface area contributed by atoms with Crippen LogP contribution in [0.15, 0.2) is 52.0 Å². The number of aromatic nitrogens is 1. The number of halogens is 2. The van der Waals surface area contributed by atoms with Gasteiger partial charge in [0.2, 0.25) is 11.8 Å². The largest absolute Gasteiger partial charge is 0.465 e. The number of fused-ring (bicyclic) bond motifs is 1. The molecule has 10 heteroatoms. The molecule has 2 amide bonds. The van der Waals surface area contributed by atoms with Crippen molar-refractivity contribution < 1.29 is 23.5 Å². The molecule has 1 aromatic heterocycles. The van der Waals surface area contributed by atoms with E-state index in [1.54, 1.807) is 36.9 Å². The summed E-state index contributed by atoms with van der Waals surface area (Å²) in [7, 11) is 0.